The van der Waals surface area contributed by atoms with Crippen molar-refractivity contribution in [2.75, 3.05) is 5.73 Å². The Labute approximate surface area is 119 Å². The number of nitrogens with two attached hydrogens (primary N) is 1. The number of nitrogens with zero attached hydrogens (tertiary/aromatic N) is 2. The minimum atomic E-state index is 0.760. The van der Waals surface area contributed by atoms with Crippen LogP contribution in [0.2, 0.25) is 0 Å². The molecule has 0 spiro atoms. The van der Waals surface area contributed by atoms with Gasteiger partial charge in [-0.05, 0) is 36.4 Å². The Bertz CT molecular complexity index is 624. The standard InChI is InChI=1S/C15H12BrN3/c16-12-3-7-14(8-4-12)19-9-15(18-10-19)11-1-5-13(17)6-2-11/h1-10H,17H2. The van der Waals surface area contributed by atoms with Gasteiger partial charge in [-0.2, -0.15) is 0 Å². The molecule has 0 radical (unpaired) electrons. The van der Waals surface area contributed by atoms with E-state index in [1.54, 1.807) is 0 Å². The Kier molecular flexibility index (Phi) is 3.09. The fourth-order valence-corrected chi connectivity index (χ4v) is 2.14. The smallest absolute Gasteiger partial charge is 0.0999 e. The van der Waals surface area contributed by atoms with Crippen LogP contribution in [0.1, 0.15) is 0 Å². The number of nitrogen functional groups attached to an aromatic ring is 1. The SMILES string of the molecule is Nc1ccc(-c2cn(-c3ccc(Br)cc3)cn2)cc1. The van der Waals surface area contributed by atoms with Gasteiger partial charge in [0.05, 0.1) is 12.0 Å². The van der Waals surface area contributed by atoms with Crippen LogP contribution in [0, 0.1) is 0 Å². The summed E-state index contributed by atoms with van der Waals surface area (Å²) in [4.78, 5) is 4.43. The zero-order chi connectivity index (χ0) is 13.2. The molecule has 3 nitrogen and oxygen atoms in total. The third-order valence-corrected chi connectivity index (χ3v) is 3.44. The fraction of sp³-hybridized carbons (Fsp3) is 0. The minimum absolute atomic E-state index is 0.760. The van der Waals surface area contributed by atoms with Gasteiger partial charge in [0.2, 0.25) is 0 Å². The molecule has 2 N–H and O–H groups in total. The molecule has 2 aromatic carbocycles. The molecule has 0 aliphatic heterocycles. The summed E-state index contributed by atoms with van der Waals surface area (Å²) in [5.41, 5.74) is 9.52. The Balaban J connectivity index is 1.95. The first-order valence-corrected chi connectivity index (χ1v) is 6.67. The lowest BCUT2D eigenvalue weighted by Crippen LogP contribution is -1.88. The third-order valence-electron chi connectivity index (χ3n) is 2.91. The molecule has 0 saturated heterocycles. The maximum Gasteiger partial charge on any atom is 0.0999 e. The fourth-order valence-electron chi connectivity index (χ4n) is 1.88. The molecule has 3 aromatic rings. The van der Waals surface area contributed by atoms with Crippen LogP contribution in [0.3, 0.4) is 0 Å². The van der Waals surface area contributed by atoms with Crippen LogP contribution >= 0.6 is 15.9 Å². The molecule has 19 heavy (non-hydrogen) atoms. The van der Waals surface area contributed by atoms with E-state index in [9.17, 15) is 0 Å². The summed E-state index contributed by atoms with van der Waals surface area (Å²) >= 11 is 3.43. The molecule has 94 valence electrons. The highest BCUT2D eigenvalue weighted by Gasteiger charge is 2.03. The second-order valence-electron chi connectivity index (χ2n) is 4.26. The largest absolute Gasteiger partial charge is 0.399 e. The molecule has 0 saturated carbocycles. The van der Waals surface area contributed by atoms with E-state index in [0.29, 0.717) is 0 Å². The number of anilines is 1. The summed E-state index contributed by atoms with van der Waals surface area (Å²) in [7, 11) is 0. The topological polar surface area (TPSA) is 43.8 Å². The molecule has 0 atom stereocenters. The summed E-state index contributed by atoms with van der Waals surface area (Å²) in [6.07, 6.45) is 3.82. The monoisotopic (exact) mass is 313 g/mol. The second-order valence-corrected chi connectivity index (χ2v) is 5.18. The van der Waals surface area contributed by atoms with Gasteiger partial charge >= 0.3 is 0 Å². The van der Waals surface area contributed by atoms with E-state index in [1.807, 2.05) is 65.6 Å². The van der Waals surface area contributed by atoms with Crippen molar-refractivity contribution >= 4 is 21.6 Å². The normalized spacial score (nSPS) is 10.6. The average molecular weight is 314 g/mol. The summed E-state index contributed by atoms with van der Waals surface area (Å²) in [5, 5.41) is 0. The van der Waals surface area contributed by atoms with Crippen molar-refractivity contribution in [2.45, 2.75) is 0 Å². The van der Waals surface area contributed by atoms with Gasteiger partial charge in [0.1, 0.15) is 0 Å². The van der Waals surface area contributed by atoms with Gasteiger partial charge < -0.3 is 10.3 Å². The van der Waals surface area contributed by atoms with Crippen LogP contribution in [0.25, 0.3) is 16.9 Å². The van der Waals surface area contributed by atoms with E-state index in [-0.39, 0.29) is 0 Å². The van der Waals surface area contributed by atoms with Crippen LogP contribution in [0.5, 0.6) is 0 Å². The lowest BCUT2D eigenvalue weighted by molar-refractivity contribution is 1.06. The molecule has 0 unspecified atom stereocenters. The van der Waals surface area contributed by atoms with Crippen molar-refractivity contribution in [2.24, 2.45) is 0 Å². The van der Waals surface area contributed by atoms with E-state index in [1.165, 1.54) is 0 Å². The Morgan fingerprint density at radius 1 is 0.947 bits per heavy atom. The Morgan fingerprint density at radius 2 is 1.63 bits per heavy atom. The number of benzene rings is 2. The average Bonchev–Trinajstić information content (AvgIpc) is 2.90. The molecule has 0 aliphatic rings. The van der Waals surface area contributed by atoms with Crippen LogP contribution in [-0.2, 0) is 0 Å². The predicted molar refractivity (Wildman–Crippen MR) is 81.1 cm³/mol. The van der Waals surface area contributed by atoms with E-state index in [0.717, 1.165) is 27.1 Å². The molecule has 0 fully saturated rings. The van der Waals surface area contributed by atoms with Crippen molar-refractivity contribution in [3.05, 3.63) is 65.5 Å². The summed E-state index contributed by atoms with van der Waals surface area (Å²) in [6, 6.07) is 15.8. The molecule has 0 bridgehead atoms. The van der Waals surface area contributed by atoms with E-state index in [4.69, 9.17) is 5.73 Å². The van der Waals surface area contributed by atoms with Crippen molar-refractivity contribution in [1.82, 2.24) is 9.55 Å². The summed E-state index contributed by atoms with van der Waals surface area (Å²) < 4.78 is 3.06. The summed E-state index contributed by atoms with van der Waals surface area (Å²) in [6.45, 7) is 0. The first kappa shape index (κ1) is 12.0. The zero-order valence-electron chi connectivity index (χ0n) is 10.1. The van der Waals surface area contributed by atoms with Crippen molar-refractivity contribution in [1.29, 1.82) is 0 Å². The van der Waals surface area contributed by atoms with Crippen molar-refractivity contribution in [3.8, 4) is 16.9 Å². The minimum Gasteiger partial charge on any atom is -0.399 e. The molecular weight excluding hydrogens is 302 g/mol. The lowest BCUT2D eigenvalue weighted by atomic mass is 10.1. The zero-order valence-corrected chi connectivity index (χ0v) is 11.7. The second kappa shape index (κ2) is 4.90. The highest BCUT2D eigenvalue weighted by molar-refractivity contribution is 9.10. The molecule has 0 amide bonds. The number of halogens is 1. The van der Waals surface area contributed by atoms with Gasteiger partial charge in [-0.3, -0.25) is 0 Å². The van der Waals surface area contributed by atoms with Crippen molar-refractivity contribution in [3.63, 3.8) is 0 Å². The van der Waals surface area contributed by atoms with E-state index < -0.39 is 0 Å². The van der Waals surface area contributed by atoms with Gasteiger partial charge in [-0.1, -0.05) is 28.1 Å². The molecule has 0 aliphatic carbocycles. The number of imidazole rings is 1. The summed E-state index contributed by atoms with van der Waals surface area (Å²) in [5.74, 6) is 0. The van der Waals surface area contributed by atoms with Gasteiger partial charge in [0, 0.05) is 27.6 Å². The first-order chi connectivity index (χ1) is 9.22. The molecule has 1 aromatic heterocycles. The van der Waals surface area contributed by atoms with Crippen LogP contribution in [0.4, 0.5) is 5.69 Å². The first-order valence-electron chi connectivity index (χ1n) is 5.88. The quantitative estimate of drug-likeness (QED) is 0.729. The highest BCUT2D eigenvalue weighted by atomic mass is 79.9. The number of hydrogen-bond donors (Lipinski definition) is 1. The third kappa shape index (κ3) is 2.53. The Hall–Kier alpha value is -2.07. The number of aromatic nitrogens is 2. The maximum atomic E-state index is 5.69. The van der Waals surface area contributed by atoms with Gasteiger partial charge in [-0.15, -0.1) is 0 Å². The maximum absolute atomic E-state index is 5.69. The van der Waals surface area contributed by atoms with Gasteiger partial charge in [-0.25, -0.2) is 4.98 Å². The Morgan fingerprint density at radius 3 is 2.32 bits per heavy atom. The van der Waals surface area contributed by atoms with Crippen LogP contribution in [-0.4, -0.2) is 9.55 Å². The number of hydrogen-bond acceptors (Lipinski definition) is 2. The lowest BCUT2D eigenvalue weighted by Gasteiger charge is -2.01. The van der Waals surface area contributed by atoms with Crippen LogP contribution in [0.15, 0.2) is 65.5 Å². The highest BCUT2D eigenvalue weighted by Crippen LogP contribution is 2.21. The van der Waals surface area contributed by atoms with E-state index >= 15 is 0 Å². The predicted octanol–water partition coefficient (Wildman–Crippen LogP) is 3.88. The molecular formula is C15H12BrN3. The number of rotatable bonds is 2. The molecule has 4 heteroatoms. The molecule has 1 heterocycles. The van der Waals surface area contributed by atoms with Crippen molar-refractivity contribution < 1.29 is 0 Å². The van der Waals surface area contributed by atoms with E-state index in [2.05, 4.69) is 20.9 Å². The van der Waals surface area contributed by atoms with Crippen LogP contribution < -0.4 is 5.73 Å². The van der Waals surface area contributed by atoms with Gasteiger partial charge in [0.15, 0.2) is 0 Å². The van der Waals surface area contributed by atoms with Gasteiger partial charge in [0.25, 0.3) is 0 Å². The molecule has 3 rings (SSSR count).